The first-order valence-corrected chi connectivity index (χ1v) is 12.7. The van der Waals surface area contributed by atoms with Gasteiger partial charge in [-0.2, -0.15) is 26.3 Å². The monoisotopic (exact) mass is 538 g/mol. The van der Waals surface area contributed by atoms with E-state index in [1.54, 1.807) is 0 Å². The molecule has 198 valence electrons. The van der Waals surface area contributed by atoms with Crippen molar-refractivity contribution in [1.82, 2.24) is 10.3 Å². The Morgan fingerprint density at radius 2 is 1.39 bits per heavy atom. The Kier molecular flexibility index (Phi) is 7.77. The Morgan fingerprint density at radius 1 is 0.917 bits per heavy atom. The molecule has 1 saturated carbocycles. The normalized spacial score (nSPS) is 19.0. The van der Waals surface area contributed by atoms with Gasteiger partial charge in [0, 0.05) is 30.4 Å². The highest BCUT2D eigenvalue weighted by Crippen LogP contribution is 2.35. The minimum absolute atomic E-state index is 0.233. The van der Waals surface area contributed by atoms with Crippen molar-refractivity contribution < 1.29 is 39.6 Å². The number of nitrogens with one attached hydrogen (secondary N) is 2. The fraction of sp³-hybridized carbons (Fsp3) is 0.455. The first-order valence-electron chi connectivity index (χ1n) is 10.8. The Bertz CT molecular complexity index is 1160. The van der Waals surface area contributed by atoms with Crippen molar-refractivity contribution >= 4 is 27.3 Å². The number of anilines is 2. The van der Waals surface area contributed by atoms with Crippen LogP contribution in [0.2, 0.25) is 0 Å². The number of aromatic nitrogens is 1. The third kappa shape index (κ3) is 7.02. The Labute approximate surface area is 203 Å². The van der Waals surface area contributed by atoms with Gasteiger partial charge in [0.15, 0.2) is 0 Å². The number of carbonyl (C=O) groups excluding carboxylic acids is 1. The molecule has 0 radical (unpaired) electrons. The number of amides is 1. The van der Waals surface area contributed by atoms with Crippen LogP contribution in [0.4, 0.5) is 37.7 Å². The summed E-state index contributed by atoms with van der Waals surface area (Å²) in [5, 5.41) is 5.58. The molecule has 0 spiro atoms. The molecule has 0 atom stereocenters. The van der Waals surface area contributed by atoms with Gasteiger partial charge in [-0.25, -0.2) is 13.4 Å². The minimum atomic E-state index is -5.03. The van der Waals surface area contributed by atoms with E-state index in [1.807, 2.05) is 0 Å². The second-order valence-corrected chi connectivity index (χ2v) is 10.6. The van der Waals surface area contributed by atoms with Crippen LogP contribution in [0.3, 0.4) is 0 Å². The summed E-state index contributed by atoms with van der Waals surface area (Å²) in [6.45, 7) is 0. The lowest BCUT2D eigenvalue weighted by atomic mass is 9.90. The quantitative estimate of drug-likeness (QED) is 0.522. The summed E-state index contributed by atoms with van der Waals surface area (Å²) in [6, 6.07) is 6.45. The third-order valence-electron chi connectivity index (χ3n) is 5.83. The van der Waals surface area contributed by atoms with Crippen LogP contribution in [0.5, 0.6) is 0 Å². The largest absolute Gasteiger partial charge is 0.433 e. The maximum Gasteiger partial charge on any atom is 0.433 e. The van der Waals surface area contributed by atoms with Crippen LogP contribution >= 0.6 is 0 Å². The molecular formula is C22H24F6N4O3S. The third-order valence-corrected chi connectivity index (χ3v) is 7.04. The number of rotatable bonds is 6. The zero-order valence-corrected chi connectivity index (χ0v) is 20.1. The minimum Gasteiger partial charge on any atom is -0.382 e. The molecule has 2 aromatic rings. The maximum absolute atomic E-state index is 13.0. The number of pyridine rings is 1. The predicted molar refractivity (Wildman–Crippen MR) is 121 cm³/mol. The molecule has 1 fully saturated rings. The standard InChI is InChI=1S/C22H24F6N4O3S/c1-32(36(2,34)35)17-9-3-13(4-10-17)20(33)30-15-7-5-14(6-8-15)29-16-11-18(21(23,24)25)31-19(12-16)22(26,27)28/h3-4,9-12,14-15H,5-8H2,1-2H3,(H,29,31)(H,30,33)/t14-,15+. The lowest BCUT2D eigenvalue weighted by molar-refractivity contribution is -0.150. The molecular weight excluding hydrogens is 514 g/mol. The summed E-state index contributed by atoms with van der Waals surface area (Å²) in [4.78, 5) is 15.2. The van der Waals surface area contributed by atoms with E-state index in [0.29, 0.717) is 49.1 Å². The molecule has 14 heteroatoms. The van der Waals surface area contributed by atoms with Crippen LogP contribution in [0, 0.1) is 0 Å². The summed E-state index contributed by atoms with van der Waals surface area (Å²) in [5.41, 5.74) is -2.88. The summed E-state index contributed by atoms with van der Waals surface area (Å²) in [7, 11) is -2.06. The Morgan fingerprint density at radius 3 is 1.83 bits per heavy atom. The van der Waals surface area contributed by atoms with Crippen molar-refractivity contribution in [2.75, 3.05) is 22.9 Å². The molecule has 1 heterocycles. The second kappa shape index (κ2) is 10.1. The van der Waals surface area contributed by atoms with Gasteiger partial charge in [0.05, 0.1) is 11.9 Å². The summed E-state index contributed by atoms with van der Waals surface area (Å²) in [5.74, 6) is -0.376. The van der Waals surface area contributed by atoms with Gasteiger partial charge < -0.3 is 10.6 Å². The smallest absolute Gasteiger partial charge is 0.382 e. The second-order valence-electron chi connectivity index (χ2n) is 8.57. The van der Waals surface area contributed by atoms with Crippen LogP contribution in [-0.2, 0) is 22.4 Å². The van der Waals surface area contributed by atoms with Crippen LogP contribution in [-0.4, -0.2) is 44.7 Å². The highest BCUT2D eigenvalue weighted by molar-refractivity contribution is 7.92. The number of alkyl halides is 6. The number of benzene rings is 1. The Hall–Kier alpha value is -3.03. The van der Waals surface area contributed by atoms with Crippen LogP contribution < -0.4 is 14.9 Å². The molecule has 0 aliphatic heterocycles. The molecule has 1 aliphatic carbocycles. The molecule has 1 aromatic heterocycles. The highest BCUT2D eigenvalue weighted by Gasteiger charge is 2.39. The lowest BCUT2D eigenvalue weighted by Gasteiger charge is -2.30. The van der Waals surface area contributed by atoms with E-state index in [1.165, 1.54) is 31.3 Å². The number of sulfonamides is 1. The van der Waals surface area contributed by atoms with E-state index < -0.39 is 33.8 Å². The van der Waals surface area contributed by atoms with E-state index in [2.05, 4.69) is 15.6 Å². The van der Waals surface area contributed by atoms with Crippen molar-refractivity contribution in [2.24, 2.45) is 0 Å². The predicted octanol–water partition coefficient (Wildman–Crippen LogP) is 4.67. The molecule has 3 rings (SSSR count). The van der Waals surface area contributed by atoms with Crippen LogP contribution in [0.15, 0.2) is 36.4 Å². The van der Waals surface area contributed by atoms with Gasteiger partial charge in [0.2, 0.25) is 10.0 Å². The first kappa shape index (κ1) is 27.6. The van der Waals surface area contributed by atoms with Crippen molar-refractivity contribution in [2.45, 2.75) is 50.1 Å². The van der Waals surface area contributed by atoms with Crippen LogP contribution in [0.25, 0.3) is 0 Å². The molecule has 0 unspecified atom stereocenters. The number of hydrogen-bond acceptors (Lipinski definition) is 5. The zero-order chi connectivity index (χ0) is 26.9. The summed E-state index contributed by atoms with van der Waals surface area (Å²) >= 11 is 0. The maximum atomic E-state index is 13.0. The van der Waals surface area contributed by atoms with E-state index in [9.17, 15) is 39.6 Å². The summed E-state index contributed by atoms with van der Waals surface area (Å²) in [6.07, 6.45) is -7.26. The number of carbonyl (C=O) groups is 1. The molecule has 36 heavy (non-hydrogen) atoms. The van der Waals surface area contributed by atoms with Gasteiger partial charge in [-0.3, -0.25) is 9.10 Å². The first-order chi connectivity index (χ1) is 16.5. The average molecular weight is 539 g/mol. The Balaban J connectivity index is 1.59. The molecule has 0 bridgehead atoms. The topological polar surface area (TPSA) is 91.4 Å². The number of hydrogen-bond donors (Lipinski definition) is 2. The van der Waals surface area contributed by atoms with E-state index >= 15 is 0 Å². The molecule has 1 amide bonds. The van der Waals surface area contributed by atoms with Crippen LogP contribution in [0.1, 0.15) is 47.4 Å². The van der Waals surface area contributed by atoms with Crippen molar-refractivity contribution in [1.29, 1.82) is 0 Å². The van der Waals surface area contributed by atoms with Gasteiger partial charge in [0.1, 0.15) is 11.4 Å². The fourth-order valence-electron chi connectivity index (χ4n) is 3.81. The van der Waals surface area contributed by atoms with Gasteiger partial charge >= 0.3 is 12.4 Å². The van der Waals surface area contributed by atoms with Gasteiger partial charge in [-0.15, -0.1) is 0 Å². The molecule has 0 saturated heterocycles. The van der Waals surface area contributed by atoms with Crippen molar-refractivity contribution in [3.63, 3.8) is 0 Å². The SMILES string of the molecule is CN(c1ccc(C(=O)N[C@H]2CC[C@@H](Nc3cc(C(F)(F)F)nc(C(F)(F)F)c3)CC2)cc1)S(C)(=O)=O. The van der Waals surface area contributed by atoms with E-state index in [-0.39, 0.29) is 23.7 Å². The van der Waals surface area contributed by atoms with E-state index in [4.69, 9.17) is 0 Å². The molecule has 1 aromatic carbocycles. The molecule has 1 aliphatic rings. The zero-order valence-electron chi connectivity index (χ0n) is 19.2. The molecule has 7 nitrogen and oxygen atoms in total. The highest BCUT2D eigenvalue weighted by atomic mass is 32.2. The number of nitrogens with zero attached hydrogens (tertiary/aromatic N) is 2. The number of halogens is 6. The van der Waals surface area contributed by atoms with Crippen molar-refractivity contribution in [3.8, 4) is 0 Å². The lowest BCUT2D eigenvalue weighted by Crippen LogP contribution is -2.40. The summed E-state index contributed by atoms with van der Waals surface area (Å²) < 4.78 is 102. The average Bonchev–Trinajstić information content (AvgIpc) is 2.78. The van der Waals surface area contributed by atoms with Gasteiger partial charge in [-0.1, -0.05) is 0 Å². The molecule has 2 N–H and O–H groups in total. The van der Waals surface area contributed by atoms with Crippen molar-refractivity contribution in [3.05, 3.63) is 53.3 Å². The van der Waals surface area contributed by atoms with Gasteiger partial charge in [0.25, 0.3) is 5.91 Å². The van der Waals surface area contributed by atoms with E-state index in [0.717, 1.165) is 10.6 Å². The van der Waals surface area contributed by atoms with Gasteiger partial charge in [-0.05, 0) is 62.1 Å². The fourth-order valence-corrected chi connectivity index (χ4v) is 4.31.